The zero-order valence-electron chi connectivity index (χ0n) is 29.1. The topological polar surface area (TPSA) is 225 Å². The molecule has 8 bridgehead atoms. The first kappa shape index (κ1) is 33.7. The van der Waals surface area contributed by atoms with Crippen molar-refractivity contribution in [1.82, 2.24) is 19.9 Å². The zero-order valence-corrected chi connectivity index (χ0v) is 29.1. The molecule has 0 fully saturated rings. The molecule has 4 aromatic heterocycles. The summed E-state index contributed by atoms with van der Waals surface area (Å²) in [4.78, 5) is 13.5. The highest BCUT2D eigenvalue weighted by atomic mass is 16.3. The average Bonchev–Trinajstić information content (AvgIpc) is 4.00. The minimum Gasteiger partial charge on any atom is -0.507 e. The van der Waals surface area contributed by atoms with E-state index < -0.39 is 0 Å². The van der Waals surface area contributed by atoms with E-state index >= 15 is 0 Å². The Morgan fingerprint density at radius 2 is 0.429 bits per heavy atom. The zero-order chi connectivity index (χ0) is 38.8. The summed E-state index contributed by atoms with van der Waals surface area (Å²) in [6.45, 7) is 0. The number of nitrogens with one attached hydrogen (secondary N) is 4. The fraction of sp³-hybridized carbons (Fsp3) is 0. The summed E-state index contributed by atoms with van der Waals surface area (Å²) in [5.41, 5.74) is 3.42. The normalized spacial score (nSPS) is 12.7. The fourth-order valence-electron chi connectivity index (χ4n) is 7.54. The van der Waals surface area contributed by atoms with E-state index in [1.54, 1.807) is 48.5 Å². The van der Waals surface area contributed by atoms with Crippen LogP contribution in [0.15, 0.2) is 121 Å². The number of fused-ring (bicyclic) bond motifs is 8. The van der Waals surface area contributed by atoms with Crippen LogP contribution < -0.4 is 21.4 Å². The third kappa shape index (κ3) is 5.31. The summed E-state index contributed by atoms with van der Waals surface area (Å²) in [6, 6.07) is 31.4. The Morgan fingerprint density at radius 3 is 0.625 bits per heavy atom. The number of rotatable bonds is 4. The van der Waals surface area contributed by atoms with Gasteiger partial charge in [0.25, 0.3) is 0 Å². The second-order valence-electron chi connectivity index (χ2n) is 13.3. The van der Waals surface area contributed by atoms with Gasteiger partial charge in [-0.3, -0.25) is 0 Å². The van der Waals surface area contributed by atoms with Crippen LogP contribution >= 0.6 is 0 Å². The van der Waals surface area contributed by atoms with Crippen LogP contribution in [-0.2, 0) is 0 Å². The van der Waals surface area contributed by atoms with Gasteiger partial charge < -0.3 is 60.8 Å². The summed E-state index contributed by atoms with van der Waals surface area (Å²) in [5.74, 6) is -1.74. The second kappa shape index (κ2) is 12.8. The largest absolute Gasteiger partial charge is 0.507 e. The van der Waals surface area contributed by atoms with Gasteiger partial charge in [-0.15, -0.1) is 0 Å². The first-order valence-electron chi connectivity index (χ1n) is 17.4. The van der Waals surface area contributed by atoms with Gasteiger partial charge in [-0.1, -0.05) is 24.3 Å². The van der Waals surface area contributed by atoms with Crippen molar-refractivity contribution >= 4 is 22.3 Å². The van der Waals surface area contributed by atoms with Crippen molar-refractivity contribution < 1.29 is 40.9 Å². The fourth-order valence-corrected chi connectivity index (χ4v) is 7.54. The Hall–Kier alpha value is -8.12. The summed E-state index contributed by atoms with van der Waals surface area (Å²) in [7, 11) is 0. The number of phenols is 8. The lowest BCUT2D eigenvalue weighted by atomic mass is 10.00. The molecule has 1 aliphatic rings. The van der Waals surface area contributed by atoms with Crippen molar-refractivity contribution in [3.8, 4) is 46.0 Å². The van der Waals surface area contributed by atoms with Crippen molar-refractivity contribution in [3.05, 3.63) is 188 Å². The SMILES string of the molecule is Oc1cccc(O)c1C1=c2ccc([nH]2)=C(c2c(O)cccc2O)c2ccc([nH]2)C(c2c(O)cccc2O)=c2ccc([nH]2)=C(c2c(O)cccc2O)c2ccc1[nH]2. The number of hydrogen-bond donors (Lipinski definition) is 12. The standard InChI is InChI=1S/C44H32N4O8/c49-29-5-1-6-30(50)41(29)37-21-13-15-23(45-21)38(42-31(51)7-2-8-32(42)52)25-17-19-27(47-25)40(44-35(55)11-4-12-36(44)56)28-20-18-26(48-28)39(24-16-14-22(37)46-24)43-33(53)9-3-10-34(43)54/h1-20,45-56H. The number of aromatic amines is 4. The van der Waals surface area contributed by atoms with Crippen LogP contribution in [0.2, 0.25) is 0 Å². The minimum absolute atomic E-state index is 0.0976. The number of aromatic hydroxyl groups is 8. The molecule has 4 aromatic carbocycles. The smallest absolute Gasteiger partial charge is 0.127 e. The van der Waals surface area contributed by atoms with Gasteiger partial charge in [0.05, 0.1) is 22.3 Å². The van der Waals surface area contributed by atoms with Gasteiger partial charge in [-0.05, 0) is 97.1 Å². The molecule has 0 radical (unpaired) electrons. The predicted molar refractivity (Wildman–Crippen MR) is 207 cm³/mol. The molecule has 12 nitrogen and oxygen atoms in total. The van der Waals surface area contributed by atoms with Crippen molar-refractivity contribution in [2.24, 2.45) is 0 Å². The van der Waals surface area contributed by atoms with E-state index in [0.29, 0.717) is 66.5 Å². The first-order chi connectivity index (χ1) is 27.1. The molecule has 1 aliphatic heterocycles. The maximum atomic E-state index is 11.2. The highest BCUT2D eigenvalue weighted by molar-refractivity contribution is 5.90. The third-order valence-electron chi connectivity index (χ3n) is 9.98. The van der Waals surface area contributed by atoms with Gasteiger partial charge >= 0.3 is 0 Å². The van der Waals surface area contributed by atoms with Crippen LogP contribution in [0, 0.1) is 0 Å². The number of hydrogen-bond acceptors (Lipinski definition) is 8. The molecular formula is C44H32N4O8. The molecule has 12 heteroatoms. The Bertz CT molecular complexity index is 2650. The lowest BCUT2D eigenvalue weighted by Crippen LogP contribution is -2.19. The maximum Gasteiger partial charge on any atom is 0.127 e. The lowest BCUT2D eigenvalue weighted by molar-refractivity contribution is 0.446. The van der Waals surface area contributed by atoms with E-state index in [-0.39, 0.29) is 68.2 Å². The van der Waals surface area contributed by atoms with E-state index in [2.05, 4.69) is 19.9 Å². The molecule has 9 rings (SSSR count). The lowest BCUT2D eigenvalue weighted by Gasteiger charge is -2.13. The van der Waals surface area contributed by atoms with E-state index in [4.69, 9.17) is 0 Å². The van der Waals surface area contributed by atoms with Crippen molar-refractivity contribution in [1.29, 1.82) is 0 Å². The second-order valence-corrected chi connectivity index (χ2v) is 13.3. The van der Waals surface area contributed by atoms with Crippen LogP contribution in [0.5, 0.6) is 46.0 Å². The van der Waals surface area contributed by atoms with Gasteiger partial charge in [0, 0.05) is 66.5 Å². The number of phenolic OH excluding ortho intramolecular Hbond substituents is 8. The molecule has 8 aromatic rings. The van der Waals surface area contributed by atoms with Crippen molar-refractivity contribution in [2.75, 3.05) is 0 Å². The monoisotopic (exact) mass is 744 g/mol. The Kier molecular flexibility index (Phi) is 7.69. The molecule has 0 unspecified atom stereocenters. The van der Waals surface area contributed by atoms with Crippen LogP contribution in [0.3, 0.4) is 0 Å². The van der Waals surface area contributed by atoms with Gasteiger partial charge in [-0.25, -0.2) is 0 Å². The average molecular weight is 745 g/mol. The molecule has 0 amide bonds. The van der Waals surface area contributed by atoms with Gasteiger partial charge in [0.1, 0.15) is 46.0 Å². The third-order valence-corrected chi connectivity index (χ3v) is 9.98. The predicted octanol–water partition coefficient (Wildman–Crippen LogP) is 3.95. The minimum atomic E-state index is -0.217. The molecule has 12 N–H and O–H groups in total. The number of aromatic nitrogens is 4. The molecule has 0 spiro atoms. The molecular weight excluding hydrogens is 713 g/mol. The van der Waals surface area contributed by atoms with Crippen molar-refractivity contribution in [2.45, 2.75) is 0 Å². The maximum absolute atomic E-state index is 11.2. The Balaban J connectivity index is 1.50. The number of H-pyrrole nitrogens is 4. The quantitative estimate of drug-likeness (QED) is 0.126. The van der Waals surface area contributed by atoms with Gasteiger partial charge in [0.2, 0.25) is 0 Å². The van der Waals surface area contributed by atoms with Crippen LogP contribution in [0.25, 0.3) is 22.3 Å². The summed E-state index contributed by atoms with van der Waals surface area (Å²) in [6.07, 6.45) is 0. The van der Waals surface area contributed by atoms with E-state index in [0.717, 1.165) is 0 Å². The Labute approximate surface area is 316 Å². The molecule has 56 heavy (non-hydrogen) atoms. The summed E-state index contributed by atoms with van der Waals surface area (Å²) < 4.78 is 0. The highest BCUT2D eigenvalue weighted by Crippen LogP contribution is 2.41. The number of benzene rings is 4. The summed E-state index contributed by atoms with van der Waals surface area (Å²) in [5, 5.41) is 91.4. The molecule has 5 heterocycles. The Morgan fingerprint density at radius 1 is 0.232 bits per heavy atom. The van der Waals surface area contributed by atoms with Crippen LogP contribution in [0.4, 0.5) is 0 Å². The molecule has 0 saturated heterocycles. The van der Waals surface area contributed by atoms with E-state index in [1.807, 2.05) is 0 Å². The molecule has 0 aliphatic carbocycles. The van der Waals surface area contributed by atoms with Crippen LogP contribution in [0.1, 0.15) is 45.0 Å². The highest BCUT2D eigenvalue weighted by Gasteiger charge is 2.25. The van der Waals surface area contributed by atoms with E-state index in [9.17, 15) is 40.9 Å². The first-order valence-corrected chi connectivity index (χ1v) is 17.4. The molecule has 276 valence electrons. The van der Waals surface area contributed by atoms with Crippen LogP contribution in [-0.4, -0.2) is 60.8 Å². The molecule has 0 saturated carbocycles. The summed E-state index contributed by atoms with van der Waals surface area (Å²) >= 11 is 0. The van der Waals surface area contributed by atoms with Gasteiger partial charge in [0.15, 0.2) is 0 Å². The van der Waals surface area contributed by atoms with E-state index in [1.165, 1.54) is 72.8 Å². The van der Waals surface area contributed by atoms with Crippen molar-refractivity contribution in [3.63, 3.8) is 0 Å². The van der Waals surface area contributed by atoms with Gasteiger partial charge in [-0.2, -0.15) is 0 Å². The molecule has 0 atom stereocenters.